The summed E-state index contributed by atoms with van der Waals surface area (Å²) in [6, 6.07) is 0.0811. The van der Waals surface area contributed by atoms with Crippen molar-refractivity contribution < 1.29 is 18.3 Å². The Hall–Kier alpha value is -0.230. The van der Waals surface area contributed by atoms with Crippen LogP contribution in [0.1, 0.15) is 26.7 Å². The highest BCUT2D eigenvalue weighted by Gasteiger charge is 2.12. The summed E-state index contributed by atoms with van der Waals surface area (Å²) in [5.74, 6) is 0.331. The molecular formula is C11H20BrF2NO2. The summed E-state index contributed by atoms with van der Waals surface area (Å²) in [6.45, 7) is 3.58. The molecule has 0 aliphatic rings. The van der Waals surface area contributed by atoms with Crippen molar-refractivity contribution in [1.82, 2.24) is 5.32 Å². The first kappa shape index (κ1) is 16.8. The molecule has 0 aliphatic heterocycles. The molecule has 3 nitrogen and oxygen atoms in total. The summed E-state index contributed by atoms with van der Waals surface area (Å²) in [6.07, 6.45) is -1.47. The number of alkyl halides is 3. The van der Waals surface area contributed by atoms with Gasteiger partial charge in [0.1, 0.15) is 6.61 Å². The Morgan fingerprint density at radius 1 is 1.41 bits per heavy atom. The second-order valence-electron chi connectivity index (χ2n) is 4.26. The lowest BCUT2D eigenvalue weighted by Gasteiger charge is -2.18. The van der Waals surface area contributed by atoms with Crippen LogP contribution in [0.25, 0.3) is 0 Å². The summed E-state index contributed by atoms with van der Waals surface area (Å²) in [5.41, 5.74) is 0. The van der Waals surface area contributed by atoms with Gasteiger partial charge in [0.2, 0.25) is 5.91 Å². The summed E-state index contributed by atoms with van der Waals surface area (Å²) in [4.78, 5) is 11.4. The number of hydrogen-bond acceptors (Lipinski definition) is 2. The quantitative estimate of drug-likeness (QED) is 0.524. The zero-order valence-corrected chi connectivity index (χ0v) is 11.8. The minimum atomic E-state index is -2.48. The molecule has 0 aromatic rings. The molecular weight excluding hydrogens is 296 g/mol. The predicted molar refractivity (Wildman–Crippen MR) is 66.6 cm³/mol. The highest BCUT2D eigenvalue weighted by molar-refractivity contribution is 9.09. The molecule has 0 aromatic heterocycles. The lowest BCUT2D eigenvalue weighted by atomic mass is 10.1. The molecule has 0 bridgehead atoms. The van der Waals surface area contributed by atoms with E-state index in [1.54, 1.807) is 0 Å². The number of rotatable bonds is 9. The molecule has 0 aromatic carbocycles. The molecule has 1 amide bonds. The van der Waals surface area contributed by atoms with Crippen molar-refractivity contribution in [2.45, 2.75) is 39.2 Å². The van der Waals surface area contributed by atoms with E-state index in [0.29, 0.717) is 11.2 Å². The van der Waals surface area contributed by atoms with E-state index in [-0.39, 0.29) is 25.0 Å². The van der Waals surface area contributed by atoms with Gasteiger partial charge in [-0.1, -0.05) is 29.8 Å². The molecule has 0 aliphatic carbocycles. The van der Waals surface area contributed by atoms with Crippen molar-refractivity contribution in [3.63, 3.8) is 0 Å². The zero-order valence-electron chi connectivity index (χ0n) is 10.2. The van der Waals surface area contributed by atoms with Crippen LogP contribution in [0.4, 0.5) is 8.78 Å². The summed E-state index contributed by atoms with van der Waals surface area (Å²) in [7, 11) is 0. The highest BCUT2D eigenvalue weighted by atomic mass is 79.9. The largest absolute Gasteiger partial charge is 0.375 e. The van der Waals surface area contributed by atoms with Crippen LogP contribution in [0.3, 0.4) is 0 Å². The Kier molecular flexibility index (Phi) is 9.63. The maximum absolute atomic E-state index is 11.7. The molecule has 6 heteroatoms. The minimum absolute atomic E-state index is 0.0346. The second kappa shape index (κ2) is 9.76. The third-order valence-corrected chi connectivity index (χ3v) is 2.81. The van der Waals surface area contributed by atoms with Crippen molar-refractivity contribution in [2.24, 2.45) is 5.92 Å². The molecule has 0 spiro atoms. The monoisotopic (exact) mass is 315 g/mol. The number of halogens is 3. The maximum atomic E-state index is 11.7. The van der Waals surface area contributed by atoms with E-state index in [0.717, 1.165) is 6.42 Å². The molecule has 1 atom stereocenters. The first-order chi connectivity index (χ1) is 7.95. The van der Waals surface area contributed by atoms with Gasteiger partial charge in [-0.05, 0) is 12.3 Å². The van der Waals surface area contributed by atoms with E-state index in [9.17, 15) is 13.6 Å². The van der Waals surface area contributed by atoms with Crippen molar-refractivity contribution >= 4 is 21.8 Å². The summed E-state index contributed by atoms with van der Waals surface area (Å²) < 4.78 is 28.1. The van der Waals surface area contributed by atoms with Crippen LogP contribution in [0.5, 0.6) is 0 Å². The van der Waals surface area contributed by atoms with Crippen molar-refractivity contribution in [3.8, 4) is 0 Å². The Bertz CT molecular complexity index is 216. The fourth-order valence-electron chi connectivity index (χ4n) is 1.37. The Labute approximate surface area is 109 Å². The highest BCUT2D eigenvalue weighted by Crippen LogP contribution is 2.07. The minimum Gasteiger partial charge on any atom is -0.375 e. The molecule has 0 saturated heterocycles. The number of carbonyl (C=O) groups is 1. The zero-order chi connectivity index (χ0) is 13.3. The van der Waals surface area contributed by atoms with E-state index in [4.69, 9.17) is 0 Å². The average molecular weight is 316 g/mol. The van der Waals surface area contributed by atoms with E-state index in [2.05, 4.69) is 39.8 Å². The van der Waals surface area contributed by atoms with Gasteiger partial charge >= 0.3 is 0 Å². The molecule has 0 rings (SSSR count). The van der Waals surface area contributed by atoms with Gasteiger partial charge in [0.05, 0.1) is 6.61 Å². The standard InChI is InChI=1S/C11H20BrF2NO2/c1-8(2)5-9(6-12)15-11(16)3-4-17-7-10(13)14/h8-10H,3-7H2,1-2H3,(H,15,16). The molecule has 1 unspecified atom stereocenters. The lowest BCUT2D eigenvalue weighted by molar-refractivity contribution is -0.123. The topological polar surface area (TPSA) is 38.3 Å². The summed E-state index contributed by atoms with van der Waals surface area (Å²) >= 11 is 3.33. The van der Waals surface area contributed by atoms with Gasteiger partial charge in [-0.15, -0.1) is 0 Å². The van der Waals surface area contributed by atoms with Gasteiger partial charge < -0.3 is 10.1 Å². The van der Waals surface area contributed by atoms with Gasteiger partial charge in [-0.3, -0.25) is 4.79 Å². The van der Waals surface area contributed by atoms with E-state index >= 15 is 0 Å². The van der Waals surface area contributed by atoms with E-state index < -0.39 is 13.0 Å². The van der Waals surface area contributed by atoms with Crippen LogP contribution in [-0.4, -0.2) is 36.9 Å². The van der Waals surface area contributed by atoms with Crippen molar-refractivity contribution in [3.05, 3.63) is 0 Å². The molecule has 102 valence electrons. The molecule has 0 fully saturated rings. The number of hydrogen-bond donors (Lipinski definition) is 1. The number of ether oxygens (including phenoxy) is 1. The maximum Gasteiger partial charge on any atom is 0.261 e. The average Bonchev–Trinajstić information content (AvgIpc) is 2.22. The number of amides is 1. The SMILES string of the molecule is CC(C)CC(CBr)NC(=O)CCOCC(F)F. The van der Waals surface area contributed by atoms with Crippen LogP contribution in [0.2, 0.25) is 0 Å². The van der Waals surface area contributed by atoms with Gasteiger partial charge in [0, 0.05) is 17.8 Å². The van der Waals surface area contributed by atoms with Crippen LogP contribution in [-0.2, 0) is 9.53 Å². The molecule has 0 saturated carbocycles. The first-order valence-electron chi connectivity index (χ1n) is 5.67. The normalized spacial score (nSPS) is 13.1. The van der Waals surface area contributed by atoms with Crippen LogP contribution in [0.15, 0.2) is 0 Å². The third kappa shape index (κ3) is 10.6. The molecule has 1 N–H and O–H groups in total. The Morgan fingerprint density at radius 2 is 2.06 bits per heavy atom. The van der Waals surface area contributed by atoms with Gasteiger partial charge in [0.25, 0.3) is 6.43 Å². The predicted octanol–water partition coefficient (Wildman–Crippen LogP) is 2.58. The van der Waals surface area contributed by atoms with E-state index in [1.165, 1.54) is 0 Å². The molecule has 17 heavy (non-hydrogen) atoms. The van der Waals surface area contributed by atoms with E-state index in [1.807, 2.05) is 0 Å². The van der Waals surface area contributed by atoms with Gasteiger partial charge in [0.15, 0.2) is 0 Å². The fraction of sp³-hybridized carbons (Fsp3) is 0.909. The van der Waals surface area contributed by atoms with Crippen LogP contribution < -0.4 is 5.32 Å². The smallest absolute Gasteiger partial charge is 0.261 e. The van der Waals surface area contributed by atoms with Crippen LogP contribution in [0, 0.1) is 5.92 Å². The van der Waals surface area contributed by atoms with Crippen LogP contribution >= 0.6 is 15.9 Å². The first-order valence-corrected chi connectivity index (χ1v) is 6.79. The van der Waals surface area contributed by atoms with Gasteiger partial charge in [-0.25, -0.2) is 8.78 Å². The fourth-order valence-corrected chi connectivity index (χ4v) is 1.79. The molecule has 0 heterocycles. The second-order valence-corrected chi connectivity index (χ2v) is 4.91. The van der Waals surface area contributed by atoms with Crippen molar-refractivity contribution in [2.75, 3.05) is 18.5 Å². The van der Waals surface area contributed by atoms with Crippen molar-refractivity contribution in [1.29, 1.82) is 0 Å². The number of nitrogens with one attached hydrogen (secondary N) is 1. The summed E-state index contributed by atoms with van der Waals surface area (Å²) in [5, 5.41) is 3.52. The number of carbonyl (C=O) groups excluding carboxylic acids is 1. The molecule has 0 radical (unpaired) electrons. The Balaban J connectivity index is 3.68. The third-order valence-electron chi connectivity index (χ3n) is 2.02. The van der Waals surface area contributed by atoms with Gasteiger partial charge in [-0.2, -0.15) is 0 Å². The Morgan fingerprint density at radius 3 is 2.53 bits per heavy atom. The lowest BCUT2D eigenvalue weighted by Crippen LogP contribution is -2.37.